The summed E-state index contributed by atoms with van der Waals surface area (Å²) in [6, 6.07) is 16.9. The van der Waals surface area contributed by atoms with E-state index in [-0.39, 0.29) is 0 Å². The van der Waals surface area contributed by atoms with Crippen LogP contribution in [0, 0.1) is 17.8 Å². The molecule has 1 fully saturated rings. The lowest BCUT2D eigenvalue weighted by atomic mass is 9.77. The summed E-state index contributed by atoms with van der Waals surface area (Å²) in [5.74, 6) is 9.13. The maximum Gasteiger partial charge on any atom is 0.119 e. The zero-order valence-corrected chi connectivity index (χ0v) is 16.1. The lowest BCUT2D eigenvalue weighted by Gasteiger charge is -2.28. The van der Waals surface area contributed by atoms with Crippen molar-refractivity contribution < 1.29 is 4.74 Å². The minimum absolute atomic E-state index is 0.692. The maximum atomic E-state index is 5.47. The molecule has 0 bridgehead atoms. The van der Waals surface area contributed by atoms with Crippen LogP contribution in [0.3, 0.4) is 0 Å². The molecule has 1 nitrogen and oxygen atoms in total. The molecule has 26 heavy (non-hydrogen) atoms. The number of benzene rings is 2. The van der Waals surface area contributed by atoms with Gasteiger partial charge in [0.2, 0.25) is 0 Å². The molecule has 0 aromatic heterocycles. The minimum atomic E-state index is 0.692. The smallest absolute Gasteiger partial charge is 0.119 e. The van der Waals surface area contributed by atoms with E-state index in [4.69, 9.17) is 4.74 Å². The summed E-state index contributed by atoms with van der Waals surface area (Å²) in [5.41, 5.74) is 3.60. The average Bonchev–Trinajstić information content (AvgIpc) is 2.69. The van der Waals surface area contributed by atoms with Crippen molar-refractivity contribution in [1.29, 1.82) is 0 Å². The van der Waals surface area contributed by atoms with E-state index >= 15 is 0 Å². The molecule has 1 aliphatic rings. The van der Waals surface area contributed by atoms with Crippen molar-refractivity contribution in [1.82, 2.24) is 0 Å². The Bertz CT molecular complexity index is 722. The second-order valence-corrected chi connectivity index (χ2v) is 7.34. The quantitative estimate of drug-likeness (QED) is 0.557. The van der Waals surface area contributed by atoms with Crippen LogP contribution in [0.1, 0.15) is 75.0 Å². The highest BCUT2D eigenvalue weighted by Gasteiger charge is 2.21. The summed E-state index contributed by atoms with van der Waals surface area (Å²) in [4.78, 5) is 0. The van der Waals surface area contributed by atoms with Crippen LogP contribution in [-0.4, -0.2) is 6.61 Å². The normalized spacial score (nSPS) is 19.5. The summed E-state index contributed by atoms with van der Waals surface area (Å²) in [6.45, 7) is 4.99. The van der Waals surface area contributed by atoms with Crippen LogP contribution >= 0.6 is 0 Å². The molecule has 3 rings (SSSR count). The monoisotopic (exact) mass is 346 g/mol. The molecule has 0 unspecified atom stereocenters. The number of rotatable bonds is 5. The van der Waals surface area contributed by atoms with Crippen LogP contribution in [0.4, 0.5) is 0 Å². The van der Waals surface area contributed by atoms with Gasteiger partial charge in [0.1, 0.15) is 5.75 Å². The third kappa shape index (κ3) is 5.15. The first-order chi connectivity index (χ1) is 12.8. The first kappa shape index (κ1) is 18.6. The third-order valence-corrected chi connectivity index (χ3v) is 5.44. The van der Waals surface area contributed by atoms with Gasteiger partial charge in [-0.3, -0.25) is 0 Å². The Morgan fingerprint density at radius 3 is 1.92 bits per heavy atom. The fraction of sp³-hybridized carbons (Fsp3) is 0.440. The molecule has 1 saturated carbocycles. The Morgan fingerprint density at radius 2 is 1.38 bits per heavy atom. The van der Waals surface area contributed by atoms with Gasteiger partial charge in [0.25, 0.3) is 0 Å². The van der Waals surface area contributed by atoms with E-state index in [1.165, 1.54) is 44.1 Å². The predicted molar refractivity (Wildman–Crippen MR) is 110 cm³/mol. The summed E-state index contributed by atoms with van der Waals surface area (Å²) in [7, 11) is 0. The van der Waals surface area contributed by atoms with Gasteiger partial charge in [-0.15, -0.1) is 0 Å². The molecule has 2 aromatic rings. The highest BCUT2D eigenvalue weighted by Crippen LogP contribution is 2.37. The van der Waals surface area contributed by atoms with Crippen LogP contribution in [0.15, 0.2) is 48.5 Å². The lowest BCUT2D eigenvalue weighted by Crippen LogP contribution is -2.13. The van der Waals surface area contributed by atoms with E-state index in [2.05, 4.69) is 43.0 Å². The molecule has 2 aromatic carbocycles. The van der Waals surface area contributed by atoms with Gasteiger partial charge in [-0.25, -0.2) is 0 Å². The van der Waals surface area contributed by atoms with E-state index in [0.717, 1.165) is 28.7 Å². The van der Waals surface area contributed by atoms with Crippen LogP contribution in [0.5, 0.6) is 5.75 Å². The Hall–Kier alpha value is -2.20. The van der Waals surface area contributed by atoms with Crippen LogP contribution < -0.4 is 4.74 Å². The molecule has 0 N–H and O–H groups in total. The summed E-state index contributed by atoms with van der Waals surface area (Å²) in [5, 5.41) is 0. The first-order valence-corrected chi connectivity index (χ1v) is 10.1. The van der Waals surface area contributed by atoms with Crippen molar-refractivity contribution in [3.63, 3.8) is 0 Å². The fourth-order valence-electron chi connectivity index (χ4n) is 3.98. The summed E-state index contributed by atoms with van der Waals surface area (Å²) < 4.78 is 5.47. The van der Waals surface area contributed by atoms with Crippen LogP contribution in [0.25, 0.3) is 0 Å². The van der Waals surface area contributed by atoms with E-state index in [1.807, 2.05) is 31.2 Å². The lowest BCUT2D eigenvalue weighted by molar-refractivity contribution is 0.308. The van der Waals surface area contributed by atoms with Crippen LogP contribution in [-0.2, 0) is 0 Å². The van der Waals surface area contributed by atoms with Gasteiger partial charge in [0.05, 0.1) is 6.61 Å². The third-order valence-electron chi connectivity index (χ3n) is 5.44. The van der Waals surface area contributed by atoms with E-state index in [0.29, 0.717) is 6.61 Å². The van der Waals surface area contributed by atoms with Crippen molar-refractivity contribution in [3.05, 3.63) is 65.2 Å². The highest BCUT2D eigenvalue weighted by atomic mass is 16.5. The predicted octanol–water partition coefficient (Wildman–Crippen LogP) is 6.56. The van der Waals surface area contributed by atoms with E-state index in [1.54, 1.807) is 0 Å². The number of ether oxygens (including phenoxy) is 1. The molecule has 0 amide bonds. The Labute approximate surface area is 158 Å². The maximum absolute atomic E-state index is 5.47. The van der Waals surface area contributed by atoms with Gasteiger partial charge < -0.3 is 4.74 Å². The van der Waals surface area contributed by atoms with Gasteiger partial charge in [-0.1, -0.05) is 43.7 Å². The average molecular weight is 347 g/mol. The standard InChI is InChI=1S/C25H30O/c1-3-5-20-8-14-23(15-9-20)24-16-10-21(11-17-24)6-7-22-12-18-25(19-13-22)26-4-2/h10-13,16-20,23H,3-5,8-9,14-15H2,1-2H3. The summed E-state index contributed by atoms with van der Waals surface area (Å²) >= 11 is 0. The molecular weight excluding hydrogens is 316 g/mol. The van der Waals surface area contributed by atoms with Crippen molar-refractivity contribution in [2.75, 3.05) is 6.61 Å². The van der Waals surface area contributed by atoms with Crippen molar-refractivity contribution >= 4 is 0 Å². The van der Waals surface area contributed by atoms with Crippen molar-refractivity contribution in [3.8, 4) is 17.6 Å². The van der Waals surface area contributed by atoms with Gasteiger partial charge >= 0.3 is 0 Å². The Kier molecular flexibility index (Phi) is 6.78. The minimum Gasteiger partial charge on any atom is -0.494 e. The first-order valence-electron chi connectivity index (χ1n) is 10.1. The molecule has 0 aliphatic heterocycles. The molecule has 0 saturated heterocycles. The summed E-state index contributed by atoms with van der Waals surface area (Å²) in [6.07, 6.45) is 8.24. The second kappa shape index (κ2) is 9.48. The van der Waals surface area contributed by atoms with Crippen LogP contribution in [0.2, 0.25) is 0 Å². The van der Waals surface area contributed by atoms with Gasteiger partial charge in [-0.05, 0) is 86.4 Å². The van der Waals surface area contributed by atoms with Crippen molar-refractivity contribution in [2.24, 2.45) is 5.92 Å². The molecule has 0 radical (unpaired) electrons. The van der Waals surface area contributed by atoms with Crippen molar-refractivity contribution in [2.45, 2.75) is 58.3 Å². The molecule has 0 atom stereocenters. The van der Waals surface area contributed by atoms with E-state index < -0.39 is 0 Å². The topological polar surface area (TPSA) is 9.23 Å². The molecule has 1 aliphatic carbocycles. The largest absolute Gasteiger partial charge is 0.494 e. The van der Waals surface area contributed by atoms with E-state index in [9.17, 15) is 0 Å². The molecular formula is C25H30O. The Balaban J connectivity index is 1.58. The van der Waals surface area contributed by atoms with Gasteiger partial charge in [0, 0.05) is 11.1 Å². The molecule has 1 heteroatoms. The SMILES string of the molecule is CCCC1CCC(c2ccc(C#Cc3ccc(OCC)cc3)cc2)CC1. The molecule has 0 heterocycles. The van der Waals surface area contributed by atoms with Gasteiger partial charge in [-0.2, -0.15) is 0 Å². The zero-order valence-electron chi connectivity index (χ0n) is 16.1. The number of hydrogen-bond donors (Lipinski definition) is 0. The fourth-order valence-corrected chi connectivity index (χ4v) is 3.98. The second-order valence-electron chi connectivity index (χ2n) is 7.34. The highest BCUT2D eigenvalue weighted by molar-refractivity contribution is 5.45. The number of hydrogen-bond acceptors (Lipinski definition) is 1. The zero-order chi connectivity index (χ0) is 18.2. The molecule has 0 spiro atoms. The van der Waals surface area contributed by atoms with Gasteiger partial charge in [0.15, 0.2) is 0 Å². The Morgan fingerprint density at radius 1 is 0.808 bits per heavy atom. The molecule has 136 valence electrons.